The first-order chi connectivity index (χ1) is 9.74. The van der Waals surface area contributed by atoms with Crippen molar-refractivity contribution in [2.75, 3.05) is 13.2 Å². The maximum atomic E-state index is 9.32. The van der Waals surface area contributed by atoms with E-state index in [1.807, 2.05) is 11.8 Å². The zero-order valence-corrected chi connectivity index (χ0v) is 13.4. The van der Waals surface area contributed by atoms with Crippen molar-refractivity contribution in [3.8, 4) is 0 Å². The predicted molar refractivity (Wildman–Crippen MR) is 88.4 cm³/mol. The van der Waals surface area contributed by atoms with Crippen molar-refractivity contribution in [2.24, 2.45) is 0 Å². The average molecular weight is 293 g/mol. The van der Waals surface area contributed by atoms with Crippen molar-refractivity contribution in [1.29, 1.82) is 0 Å². The molecule has 2 N–H and O–H groups in total. The van der Waals surface area contributed by atoms with E-state index >= 15 is 0 Å². The summed E-state index contributed by atoms with van der Waals surface area (Å²) in [5.74, 6) is 0.675. The molecule has 20 heavy (non-hydrogen) atoms. The Morgan fingerprint density at radius 1 is 1.30 bits per heavy atom. The third-order valence-corrected chi connectivity index (χ3v) is 5.68. The first-order valence-electron chi connectivity index (χ1n) is 7.79. The van der Waals surface area contributed by atoms with Gasteiger partial charge in [0, 0.05) is 16.5 Å². The minimum absolute atomic E-state index is 0.274. The molecule has 0 bridgehead atoms. The van der Waals surface area contributed by atoms with Gasteiger partial charge in [0.2, 0.25) is 0 Å². The summed E-state index contributed by atoms with van der Waals surface area (Å²) in [6.07, 6.45) is 3.73. The molecule has 0 radical (unpaired) electrons. The van der Waals surface area contributed by atoms with E-state index in [4.69, 9.17) is 0 Å². The van der Waals surface area contributed by atoms with E-state index in [1.165, 1.54) is 24.8 Å². The molecule has 0 aliphatic heterocycles. The van der Waals surface area contributed by atoms with Crippen molar-refractivity contribution in [3.63, 3.8) is 0 Å². The van der Waals surface area contributed by atoms with Gasteiger partial charge in [0.1, 0.15) is 0 Å². The fourth-order valence-corrected chi connectivity index (χ4v) is 4.59. The highest BCUT2D eigenvalue weighted by Crippen LogP contribution is 2.39. The molecule has 1 saturated carbocycles. The second kappa shape index (κ2) is 8.06. The minimum Gasteiger partial charge on any atom is -0.395 e. The predicted octanol–water partition coefficient (Wildman–Crippen LogP) is 3.41. The number of thioether (sulfide) groups is 1. The Hall–Kier alpha value is -0.510. The summed E-state index contributed by atoms with van der Waals surface area (Å²) in [5.41, 5.74) is 1.48. The van der Waals surface area contributed by atoms with Crippen LogP contribution in [0.5, 0.6) is 0 Å². The van der Waals surface area contributed by atoms with E-state index in [0.717, 1.165) is 6.54 Å². The molecule has 4 atom stereocenters. The van der Waals surface area contributed by atoms with Gasteiger partial charge in [0.05, 0.1) is 6.61 Å². The third-order valence-electron chi connectivity index (χ3n) is 4.19. The normalized spacial score (nSPS) is 28.2. The summed E-state index contributed by atoms with van der Waals surface area (Å²) in [5, 5.41) is 13.9. The summed E-state index contributed by atoms with van der Waals surface area (Å²) >= 11 is 1.95. The summed E-state index contributed by atoms with van der Waals surface area (Å²) < 4.78 is 0. The van der Waals surface area contributed by atoms with E-state index < -0.39 is 0 Å². The maximum Gasteiger partial charge on any atom is 0.0547 e. The Morgan fingerprint density at radius 2 is 2.05 bits per heavy atom. The van der Waals surface area contributed by atoms with Gasteiger partial charge in [-0.15, -0.1) is 0 Å². The Balaban J connectivity index is 2.03. The molecule has 0 aromatic heterocycles. The fraction of sp³-hybridized carbons (Fsp3) is 0.647. The van der Waals surface area contributed by atoms with E-state index in [2.05, 4.69) is 49.5 Å². The van der Waals surface area contributed by atoms with Gasteiger partial charge in [-0.1, -0.05) is 44.2 Å². The zero-order chi connectivity index (χ0) is 14.4. The molecule has 2 nitrogen and oxygen atoms in total. The lowest BCUT2D eigenvalue weighted by Gasteiger charge is -2.37. The maximum absolute atomic E-state index is 9.32. The van der Waals surface area contributed by atoms with Gasteiger partial charge in [0.25, 0.3) is 0 Å². The molecule has 0 saturated heterocycles. The third kappa shape index (κ3) is 4.24. The number of benzene rings is 1. The van der Waals surface area contributed by atoms with Crippen LogP contribution in [0.4, 0.5) is 0 Å². The van der Waals surface area contributed by atoms with Crippen LogP contribution < -0.4 is 5.32 Å². The van der Waals surface area contributed by atoms with Crippen molar-refractivity contribution >= 4 is 11.8 Å². The quantitative estimate of drug-likeness (QED) is 0.843. The standard InChI is InChI=1S/C17H27NOS/c1-3-18-16-10-9-15(14-7-5-4-6-8-14)11-17(16)20-13(2)12-19/h4-8,13,15-19H,3,9-12H2,1-2H3. The molecule has 112 valence electrons. The Kier molecular flexibility index (Phi) is 6.40. The molecule has 0 heterocycles. The van der Waals surface area contributed by atoms with Gasteiger partial charge < -0.3 is 10.4 Å². The number of aliphatic hydroxyl groups excluding tert-OH is 1. The Labute approximate surface area is 127 Å². The molecule has 1 aliphatic carbocycles. The highest BCUT2D eigenvalue weighted by molar-refractivity contribution is 8.00. The molecule has 1 aliphatic rings. The summed E-state index contributed by atoms with van der Waals surface area (Å²) in [4.78, 5) is 0. The molecule has 2 rings (SSSR count). The highest BCUT2D eigenvalue weighted by Gasteiger charge is 2.31. The average Bonchev–Trinajstić information content (AvgIpc) is 2.50. The van der Waals surface area contributed by atoms with Crippen LogP contribution in [0.25, 0.3) is 0 Å². The molecule has 4 unspecified atom stereocenters. The Morgan fingerprint density at radius 3 is 2.70 bits per heavy atom. The highest BCUT2D eigenvalue weighted by atomic mass is 32.2. The van der Waals surface area contributed by atoms with Crippen LogP contribution >= 0.6 is 11.8 Å². The monoisotopic (exact) mass is 293 g/mol. The Bertz CT molecular complexity index is 384. The van der Waals surface area contributed by atoms with Crippen LogP contribution in [0.1, 0.15) is 44.6 Å². The van der Waals surface area contributed by atoms with Gasteiger partial charge in [-0.25, -0.2) is 0 Å². The minimum atomic E-state index is 0.274. The molecule has 1 aromatic rings. The van der Waals surface area contributed by atoms with Crippen molar-refractivity contribution in [1.82, 2.24) is 5.32 Å². The van der Waals surface area contributed by atoms with E-state index in [1.54, 1.807) is 0 Å². The van der Waals surface area contributed by atoms with Gasteiger partial charge in [-0.05, 0) is 37.3 Å². The first-order valence-corrected chi connectivity index (χ1v) is 8.73. The summed E-state index contributed by atoms with van der Waals surface area (Å²) in [6.45, 7) is 5.61. The van der Waals surface area contributed by atoms with Crippen LogP contribution in [-0.2, 0) is 0 Å². The molecular weight excluding hydrogens is 266 g/mol. The van der Waals surface area contributed by atoms with Gasteiger partial charge in [0.15, 0.2) is 0 Å². The van der Waals surface area contributed by atoms with Gasteiger partial charge >= 0.3 is 0 Å². The van der Waals surface area contributed by atoms with Crippen LogP contribution in [0.15, 0.2) is 30.3 Å². The number of rotatable bonds is 6. The van der Waals surface area contributed by atoms with Crippen LogP contribution in [0, 0.1) is 0 Å². The molecule has 0 amide bonds. The lowest BCUT2D eigenvalue weighted by molar-refractivity contribution is 0.298. The van der Waals surface area contributed by atoms with Crippen LogP contribution in [0.3, 0.4) is 0 Å². The first kappa shape index (κ1) is 15.9. The molecule has 3 heteroatoms. The lowest BCUT2D eigenvalue weighted by atomic mass is 9.81. The van der Waals surface area contributed by atoms with Crippen LogP contribution in [0.2, 0.25) is 0 Å². The summed E-state index contributed by atoms with van der Waals surface area (Å²) in [7, 11) is 0. The van der Waals surface area contributed by atoms with Crippen molar-refractivity contribution in [2.45, 2.75) is 55.6 Å². The fourth-order valence-electron chi connectivity index (χ4n) is 3.14. The van der Waals surface area contributed by atoms with Gasteiger partial charge in [-0.2, -0.15) is 11.8 Å². The van der Waals surface area contributed by atoms with E-state index in [9.17, 15) is 5.11 Å². The number of nitrogens with one attached hydrogen (secondary N) is 1. The second-order valence-electron chi connectivity index (χ2n) is 5.75. The largest absolute Gasteiger partial charge is 0.395 e. The van der Waals surface area contributed by atoms with Crippen LogP contribution in [-0.4, -0.2) is 34.8 Å². The van der Waals surface area contributed by atoms with E-state index in [-0.39, 0.29) is 6.61 Å². The topological polar surface area (TPSA) is 32.3 Å². The lowest BCUT2D eigenvalue weighted by Crippen LogP contribution is -2.43. The van der Waals surface area contributed by atoms with Crippen molar-refractivity contribution in [3.05, 3.63) is 35.9 Å². The zero-order valence-electron chi connectivity index (χ0n) is 12.6. The molecule has 1 aromatic carbocycles. The molecular formula is C17H27NOS. The SMILES string of the molecule is CCNC1CCC(c2ccccc2)CC1SC(C)CO. The number of hydrogen-bond donors (Lipinski definition) is 2. The number of aliphatic hydroxyl groups is 1. The van der Waals surface area contributed by atoms with Gasteiger partial charge in [-0.3, -0.25) is 0 Å². The molecule has 1 fully saturated rings. The van der Waals surface area contributed by atoms with Crippen molar-refractivity contribution < 1.29 is 5.11 Å². The second-order valence-corrected chi connectivity index (χ2v) is 7.43. The molecule has 0 spiro atoms. The smallest absolute Gasteiger partial charge is 0.0547 e. The number of hydrogen-bond acceptors (Lipinski definition) is 3. The van der Waals surface area contributed by atoms with E-state index in [0.29, 0.717) is 22.5 Å². The summed E-state index contributed by atoms with van der Waals surface area (Å²) in [6, 6.07) is 11.5.